The standard InChI is InChI=1S/C13H23N/c1-10(2)11-5-7-13(3)6-4-8-14-12(13)9-11/h11-12,14H,1,4-9H2,2-3H3/t11-,12-,13+/m0/s1. The molecule has 2 rings (SSSR count). The molecule has 2 fully saturated rings. The summed E-state index contributed by atoms with van der Waals surface area (Å²) in [7, 11) is 0. The zero-order valence-electron chi connectivity index (χ0n) is 9.60. The summed E-state index contributed by atoms with van der Waals surface area (Å²) in [5, 5.41) is 3.71. The summed E-state index contributed by atoms with van der Waals surface area (Å²) in [5.74, 6) is 0.777. The van der Waals surface area contributed by atoms with Crippen molar-refractivity contribution in [2.75, 3.05) is 6.54 Å². The topological polar surface area (TPSA) is 12.0 Å². The van der Waals surface area contributed by atoms with Gasteiger partial charge in [-0.25, -0.2) is 0 Å². The molecule has 80 valence electrons. The molecule has 1 heteroatoms. The number of piperidine rings is 1. The number of hydrogen-bond acceptors (Lipinski definition) is 1. The second-order valence-electron chi connectivity index (χ2n) is 5.58. The zero-order chi connectivity index (χ0) is 10.2. The number of allylic oxidation sites excluding steroid dienone is 1. The van der Waals surface area contributed by atoms with Crippen LogP contribution in [0.25, 0.3) is 0 Å². The maximum atomic E-state index is 4.11. The van der Waals surface area contributed by atoms with Gasteiger partial charge in [0.05, 0.1) is 0 Å². The first-order chi connectivity index (χ1) is 6.62. The van der Waals surface area contributed by atoms with E-state index in [1.165, 1.54) is 44.2 Å². The molecule has 0 aromatic carbocycles. The molecule has 1 nitrogen and oxygen atoms in total. The summed E-state index contributed by atoms with van der Waals surface area (Å²) in [6.07, 6.45) is 6.87. The SMILES string of the molecule is C=C(C)[C@H]1CC[C@@]2(C)CCCN[C@H]2C1. The predicted octanol–water partition coefficient (Wildman–Crippen LogP) is 3.12. The highest BCUT2D eigenvalue weighted by Gasteiger charge is 2.41. The summed E-state index contributed by atoms with van der Waals surface area (Å²) in [6, 6.07) is 0.756. The molecule has 0 amide bonds. The van der Waals surface area contributed by atoms with Crippen molar-refractivity contribution in [3.05, 3.63) is 12.2 Å². The molecule has 3 atom stereocenters. The Morgan fingerprint density at radius 3 is 2.93 bits per heavy atom. The first-order valence-electron chi connectivity index (χ1n) is 6.00. The normalized spacial score (nSPS) is 43.0. The van der Waals surface area contributed by atoms with Gasteiger partial charge in [0.15, 0.2) is 0 Å². The van der Waals surface area contributed by atoms with Gasteiger partial charge in [-0.2, -0.15) is 0 Å². The molecule has 1 saturated carbocycles. The number of rotatable bonds is 1. The summed E-state index contributed by atoms with van der Waals surface area (Å²) in [6.45, 7) is 10.00. The first kappa shape index (κ1) is 10.2. The van der Waals surface area contributed by atoms with Crippen LogP contribution in [0, 0.1) is 11.3 Å². The molecule has 0 aromatic heterocycles. The van der Waals surface area contributed by atoms with Crippen LogP contribution in [-0.4, -0.2) is 12.6 Å². The molecular formula is C13H23N. The maximum absolute atomic E-state index is 4.11. The Kier molecular flexibility index (Phi) is 2.70. The Labute approximate surface area is 88.0 Å². The minimum Gasteiger partial charge on any atom is -0.313 e. The molecule has 1 heterocycles. The minimum atomic E-state index is 0.588. The maximum Gasteiger partial charge on any atom is 0.0127 e. The van der Waals surface area contributed by atoms with E-state index in [4.69, 9.17) is 0 Å². The van der Waals surface area contributed by atoms with E-state index in [0.29, 0.717) is 5.41 Å². The fraction of sp³-hybridized carbons (Fsp3) is 0.846. The van der Waals surface area contributed by atoms with Gasteiger partial charge in [0.2, 0.25) is 0 Å². The fourth-order valence-electron chi connectivity index (χ4n) is 3.21. The van der Waals surface area contributed by atoms with Gasteiger partial charge >= 0.3 is 0 Å². The third kappa shape index (κ3) is 1.75. The fourth-order valence-corrected chi connectivity index (χ4v) is 3.21. The van der Waals surface area contributed by atoms with E-state index in [1.54, 1.807) is 0 Å². The number of fused-ring (bicyclic) bond motifs is 1. The van der Waals surface area contributed by atoms with E-state index < -0.39 is 0 Å². The van der Waals surface area contributed by atoms with E-state index >= 15 is 0 Å². The van der Waals surface area contributed by atoms with Crippen LogP contribution >= 0.6 is 0 Å². The Morgan fingerprint density at radius 2 is 2.21 bits per heavy atom. The molecule has 1 N–H and O–H groups in total. The van der Waals surface area contributed by atoms with E-state index in [9.17, 15) is 0 Å². The van der Waals surface area contributed by atoms with Crippen LogP contribution in [0.2, 0.25) is 0 Å². The largest absolute Gasteiger partial charge is 0.313 e. The molecule has 14 heavy (non-hydrogen) atoms. The van der Waals surface area contributed by atoms with Gasteiger partial charge in [-0.3, -0.25) is 0 Å². The lowest BCUT2D eigenvalue weighted by Gasteiger charge is -2.48. The average Bonchev–Trinajstić information content (AvgIpc) is 2.16. The van der Waals surface area contributed by atoms with Crippen molar-refractivity contribution in [3.8, 4) is 0 Å². The van der Waals surface area contributed by atoms with Crippen molar-refractivity contribution in [2.24, 2.45) is 11.3 Å². The van der Waals surface area contributed by atoms with Gasteiger partial charge in [0, 0.05) is 6.04 Å². The van der Waals surface area contributed by atoms with Crippen molar-refractivity contribution in [3.63, 3.8) is 0 Å². The molecule has 0 aromatic rings. The third-order valence-electron chi connectivity index (χ3n) is 4.44. The zero-order valence-corrected chi connectivity index (χ0v) is 9.60. The molecule has 1 aliphatic heterocycles. The van der Waals surface area contributed by atoms with Gasteiger partial charge in [0.1, 0.15) is 0 Å². The van der Waals surface area contributed by atoms with E-state index in [0.717, 1.165) is 12.0 Å². The third-order valence-corrected chi connectivity index (χ3v) is 4.44. The van der Waals surface area contributed by atoms with Crippen molar-refractivity contribution in [1.82, 2.24) is 5.32 Å². The quantitative estimate of drug-likeness (QED) is 0.631. The molecule has 0 bridgehead atoms. The van der Waals surface area contributed by atoms with E-state index in [1.807, 2.05) is 0 Å². The summed E-state index contributed by atoms with van der Waals surface area (Å²) >= 11 is 0. The van der Waals surface area contributed by atoms with Gasteiger partial charge < -0.3 is 5.32 Å². The van der Waals surface area contributed by atoms with Crippen LogP contribution in [0.15, 0.2) is 12.2 Å². The van der Waals surface area contributed by atoms with Gasteiger partial charge in [-0.05, 0) is 56.9 Å². The van der Waals surface area contributed by atoms with Crippen LogP contribution in [0.1, 0.15) is 46.0 Å². The monoisotopic (exact) mass is 193 g/mol. The summed E-state index contributed by atoms with van der Waals surface area (Å²) < 4.78 is 0. The second-order valence-corrected chi connectivity index (χ2v) is 5.58. The van der Waals surface area contributed by atoms with E-state index in [2.05, 4.69) is 25.7 Å². The molecular weight excluding hydrogens is 170 g/mol. The molecule has 0 spiro atoms. The predicted molar refractivity (Wildman–Crippen MR) is 61.3 cm³/mol. The summed E-state index contributed by atoms with van der Waals surface area (Å²) in [5.41, 5.74) is 1.98. The van der Waals surface area contributed by atoms with Crippen LogP contribution in [0.4, 0.5) is 0 Å². The van der Waals surface area contributed by atoms with E-state index in [-0.39, 0.29) is 0 Å². The Balaban J connectivity index is 2.05. The molecule has 2 aliphatic rings. The second kappa shape index (κ2) is 3.69. The molecule has 0 radical (unpaired) electrons. The van der Waals surface area contributed by atoms with Crippen LogP contribution < -0.4 is 5.32 Å². The highest BCUT2D eigenvalue weighted by Crippen LogP contribution is 2.45. The van der Waals surface area contributed by atoms with Crippen molar-refractivity contribution in [1.29, 1.82) is 0 Å². The molecule has 1 saturated heterocycles. The molecule has 0 unspecified atom stereocenters. The minimum absolute atomic E-state index is 0.588. The lowest BCUT2D eigenvalue weighted by molar-refractivity contribution is 0.0830. The Hall–Kier alpha value is -0.300. The van der Waals surface area contributed by atoms with Crippen LogP contribution in [0.5, 0.6) is 0 Å². The van der Waals surface area contributed by atoms with Crippen molar-refractivity contribution in [2.45, 2.75) is 52.0 Å². The lowest BCUT2D eigenvalue weighted by atomic mass is 9.63. The Bertz CT molecular complexity index is 233. The van der Waals surface area contributed by atoms with Gasteiger partial charge in [-0.1, -0.05) is 19.1 Å². The molecule has 1 aliphatic carbocycles. The highest BCUT2D eigenvalue weighted by molar-refractivity contribution is 5.05. The van der Waals surface area contributed by atoms with Crippen molar-refractivity contribution >= 4 is 0 Å². The van der Waals surface area contributed by atoms with Gasteiger partial charge in [0.25, 0.3) is 0 Å². The smallest absolute Gasteiger partial charge is 0.0127 e. The van der Waals surface area contributed by atoms with Crippen LogP contribution in [0.3, 0.4) is 0 Å². The number of nitrogens with one attached hydrogen (secondary N) is 1. The van der Waals surface area contributed by atoms with Gasteiger partial charge in [-0.15, -0.1) is 0 Å². The number of hydrogen-bond donors (Lipinski definition) is 1. The summed E-state index contributed by atoms with van der Waals surface area (Å²) in [4.78, 5) is 0. The highest BCUT2D eigenvalue weighted by atomic mass is 14.9. The van der Waals surface area contributed by atoms with Crippen molar-refractivity contribution < 1.29 is 0 Å². The first-order valence-corrected chi connectivity index (χ1v) is 6.00. The van der Waals surface area contributed by atoms with Crippen LogP contribution in [-0.2, 0) is 0 Å². The average molecular weight is 193 g/mol. The lowest BCUT2D eigenvalue weighted by Crippen LogP contribution is -2.51. The Morgan fingerprint density at radius 1 is 1.43 bits per heavy atom.